The molecular weight excluding hydrogens is 272 g/mol. The Kier molecular flexibility index (Phi) is 3.92. The van der Waals surface area contributed by atoms with Gasteiger partial charge in [-0.1, -0.05) is 60.7 Å². The van der Waals surface area contributed by atoms with Crippen LogP contribution in [0.3, 0.4) is 0 Å². The van der Waals surface area contributed by atoms with E-state index in [1.807, 2.05) is 73.7 Å². The van der Waals surface area contributed by atoms with Crippen LogP contribution in [-0.4, -0.2) is 5.78 Å². The van der Waals surface area contributed by atoms with Gasteiger partial charge in [0.1, 0.15) is 11.9 Å². The van der Waals surface area contributed by atoms with Crippen molar-refractivity contribution in [1.82, 2.24) is 0 Å². The monoisotopic (exact) mass is 290 g/mol. The van der Waals surface area contributed by atoms with Crippen molar-refractivity contribution < 1.29 is 9.53 Å². The maximum Gasteiger partial charge on any atom is 0.163 e. The van der Waals surface area contributed by atoms with Gasteiger partial charge in [-0.25, -0.2) is 0 Å². The summed E-state index contributed by atoms with van der Waals surface area (Å²) in [6, 6.07) is 20.0. The quantitative estimate of drug-likeness (QED) is 0.818. The highest BCUT2D eigenvalue weighted by Gasteiger charge is 2.32. The molecule has 2 nitrogen and oxygen atoms in total. The van der Waals surface area contributed by atoms with Crippen molar-refractivity contribution in [2.75, 3.05) is 0 Å². The molecule has 0 N–H and O–H groups in total. The van der Waals surface area contributed by atoms with E-state index in [1.165, 1.54) is 0 Å². The maximum atomic E-state index is 12.1. The van der Waals surface area contributed by atoms with Crippen molar-refractivity contribution >= 4 is 11.9 Å². The molecule has 2 aromatic carbocycles. The Bertz CT molecular complexity index is 740. The molecule has 0 saturated heterocycles. The molecule has 0 radical (unpaired) electrons. The molecule has 0 aliphatic carbocycles. The highest BCUT2D eigenvalue weighted by atomic mass is 16.5. The molecule has 2 aromatic rings. The van der Waals surface area contributed by atoms with Gasteiger partial charge in [-0.15, -0.1) is 0 Å². The van der Waals surface area contributed by atoms with Gasteiger partial charge in [0.2, 0.25) is 0 Å². The number of ether oxygens (including phenoxy) is 1. The molecule has 110 valence electrons. The number of Topliss-reactive ketones (excluding diaryl/α,β-unsaturated/α-hetero) is 1. The van der Waals surface area contributed by atoms with Crippen LogP contribution < -0.4 is 0 Å². The highest BCUT2D eigenvalue weighted by molar-refractivity contribution is 6.00. The van der Waals surface area contributed by atoms with E-state index in [9.17, 15) is 4.79 Å². The van der Waals surface area contributed by atoms with Crippen LogP contribution in [0.2, 0.25) is 0 Å². The minimum Gasteiger partial charge on any atom is -0.485 e. The number of carbonyl (C=O) groups is 1. The molecule has 1 heterocycles. The molecule has 0 aromatic heterocycles. The Morgan fingerprint density at radius 1 is 1.00 bits per heavy atom. The summed E-state index contributed by atoms with van der Waals surface area (Å²) in [5, 5.41) is 0. The molecule has 2 heteroatoms. The van der Waals surface area contributed by atoms with Gasteiger partial charge in [0, 0.05) is 5.57 Å². The van der Waals surface area contributed by atoms with Gasteiger partial charge in [-0.2, -0.15) is 0 Å². The lowest BCUT2D eigenvalue weighted by molar-refractivity contribution is -0.113. The number of hydrogen-bond acceptors (Lipinski definition) is 2. The second-order valence-electron chi connectivity index (χ2n) is 5.41. The second kappa shape index (κ2) is 6.02. The lowest BCUT2D eigenvalue weighted by Gasteiger charge is -2.14. The standard InChI is InChI=1S/C20H18O2/c1-14(21)19-15(2)22-20(17-11-7-4-8-12-17)18(19)13-16-9-5-3-6-10-16/h3-13,20H,1-2H3/b18-13+. The summed E-state index contributed by atoms with van der Waals surface area (Å²) in [6.45, 7) is 3.45. The Morgan fingerprint density at radius 3 is 2.18 bits per heavy atom. The lowest BCUT2D eigenvalue weighted by atomic mass is 9.93. The SMILES string of the molecule is CC(=O)C1=C(C)OC(c2ccccc2)/C1=C/c1ccccc1. The molecule has 1 atom stereocenters. The molecule has 3 rings (SSSR count). The number of benzene rings is 2. The minimum atomic E-state index is -0.222. The molecule has 1 unspecified atom stereocenters. The maximum absolute atomic E-state index is 12.1. The topological polar surface area (TPSA) is 26.3 Å². The molecule has 0 bridgehead atoms. The van der Waals surface area contributed by atoms with Crippen molar-refractivity contribution in [2.45, 2.75) is 20.0 Å². The minimum absolute atomic E-state index is 0.0399. The molecule has 0 saturated carbocycles. The van der Waals surface area contributed by atoms with E-state index in [0.29, 0.717) is 11.3 Å². The van der Waals surface area contributed by atoms with Crippen LogP contribution in [0, 0.1) is 0 Å². The average molecular weight is 290 g/mol. The van der Waals surface area contributed by atoms with E-state index in [4.69, 9.17) is 4.74 Å². The average Bonchev–Trinajstić information content (AvgIpc) is 2.86. The zero-order valence-electron chi connectivity index (χ0n) is 12.7. The summed E-state index contributed by atoms with van der Waals surface area (Å²) >= 11 is 0. The van der Waals surface area contributed by atoms with Gasteiger partial charge in [0.05, 0.1) is 5.57 Å². The third kappa shape index (κ3) is 2.73. The first-order chi connectivity index (χ1) is 10.7. The van der Waals surface area contributed by atoms with Crippen molar-refractivity contribution in [3.63, 3.8) is 0 Å². The van der Waals surface area contributed by atoms with Gasteiger partial charge in [-0.05, 0) is 31.1 Å². The summed E-state index contributed by atoms with van der Waals surface area (Å²) in [6.07, 6.45) is 1.82. The Morgan fingerprint density at radius 2 is 1.59 bits per heavy atom. The zero-order chi connectivity index (χ0) is 15.5. The van der Waals surface area contributed by atoms with Crippen LogP contribution in [0.15, 0.2) is 77.6 Å². The number of ketones is 1. The largest absolute Gasteiger partial charge is 0.485 e. The number of rotatable bonds is 3. The van der Waals surface area contributed by atoms with E-state index < -0.39 is 0 Å². The fraction of sp³-hybridized carbons (Fsp3) is 0.150. The summed E-state index contributed by atoms with van der Waals surface area (Å²) in [4.78, 5) is 12.1. The third-order valence-corrected chi connectivity index (χ3v) is 3.79. The van der Waals surface area contributed by atoms with Crippen molar-refractivity contribution in [3.05, 3.63) is 88.7 Å². The Labute approximate surface area is 130 Å². The molecular formula is C20H18O2. The second-order valence-corrected chi connectivity index (χ2v) is 5.41. The third-order valence-electron chi connectivity index (χ3n) is 3.79. The van der Waals surface area contributed by atoms with Crippen molar-refractivity contribution in [2.24, 2.45) is 0 Å². The van der Waals surface area contributed by atoms with Gasteiger partial charge in [0.15, 0.2) is 5.78 Å². The van der Waals surface area contributed by atoms with Gasteiger partial charge < -0.3 is 4.74 Å². The first-order valence-corrected chi connectivity index (χ1v) is 7.37. The van der Waals surface area contributed by atoms with Crippen molar-refractivity contribution in [3.8, 4) is 0 Å². The van der Waals surface area contributed by atoms with Crippen LogP contribution in [-0.2, 0) is 9.53 Å². The molecule has 1 aliphatic heterocycles. The van der Waals surface area contributed by atoms with Crippen LogP contribution in [0.1, 0.15) is 31.1 Å². The highest BCUT2D eigenvalue weighted by Crippen LogP contribution is 2.42. The fourth-order valence-corrected chi connectivity index (χ4v) is 2.84. The van der Waals surface area contributed by atoms with Crippen LogP contribution in [0.5, 0.6) is 0 Å². The zero-order valence-corrected chi connectivity index (χ0v) is 12.7. The van der Waals surface area contributed by atoms with Crippen LogP contribution in [0.4, 0.5) is 0 Å². The number of carbonyl (C=O) groups excluding carboxylic acids is 1. The molecule has 1 aliphatic rings. The normalized spacial score (nSPS) is 19.4. The Balaban J connectivity index is 2.10. The van der Waals surface area contributed by atoms with Crippen LogP contribution in [0.25, 0.3) is 6.08 Å². The summed E-state index contributed by atoms with van der Waals surface area (Å²) in [7, 11) is 0. The first kappa shape index (κ1) is 14.3. The van der Waals surface area contributed by atoms with Gasteiger partial charge in [-0.3, -0.25) is 4.79 Å². The van der Waals surface area contributed by atoms with Gasteiger partial charge >= 0.3 is 0 Å². The van der Waals surface area contributed by atoms with E-state index in [-0.39, 0.29) is 11.9 Å². The molecule has 0 amide bonds. The van der Waals surface area contributed by atoms with Crippen LogP contribution >= 0.6 is 0 Å². The first-order valence-electron chi connectivity index (χ1n) is 7.37. The number of allylic oxidation sites excluding steroid dienone is 1. The predicted octanol–water partition coefficient (Wildman–Crippen LogP) is 4.70. The predicted molar refractivity (Wildman–Crippen MR) is 88.1 cm³/mol. The van der Waals surface area contributed by atoms with E-state index in [1.54, 1.807) is 6.92 Å². The summed E-state index contributed by atoms with van der Waals surface area (Å²) in [5.74, 6) is 0.738. The fourth-order valence-electron chi connectivity index (χ4n) is 2.84. The summed E-state index contributed by atoms with van der Waals surface area (Å²) in [5.41, 5.74) is 3.75. The van der Waals surface area contributed by atoms with E-state index in [0.717, 1.165) is 16.7 Å². The number of hydrogen-bond donors (Lipinski definition) is 0. The smallest absolute Gasteiger partial charge is 0.163 e. The lowest BCUT2D eigenvalue weighted by Crippen LogP contribution is -2.04. The molecule has 0 fully saturated rings. The van der Waals surface area contributed by atoms with E-state index in [2.05, 4.69) is 0 Å². The van der Waals surface area contributed by atoms with E-state index >= 15 is 0 Å². The molecule has 22 heavy (non-hydrogen) atoms. The summed E-state index contributed by atoms with van der Waals surface area (Å²) < 4.78 is 6.00. The Hall–Kier alpha value is -2.61. The van der Waals surface area contributed by atoms with Gasteiger partial charge in [0.25, 0.3) is 0 Å². The molecule has 0 spiro atoms. The van der Waals surface area contributed by atoms with Crippen molar-refractivity contribution in [1.29, 1.82) is 0 Å².